The minimum absolute atomic E-state index is 0.0729. The van der Waals surface area contributed by atoms with E-state index in [1.165, 1.54) is 15.0 Å². The third-order valence-electron chi connectivity index (χ3n) is 4.00. The Bertz CT molecular complexity index is 402. The summed E-state index contributed by atoms with van der Waals surface area (Å²) in [6.07, 6.45) is 5.28. The summed E-state index contributed by atoms with van der Waals surface area (Å²) in [5, 5.41) is 0. The van der Waals surface area contributed by atoms with Crippen molar-refractivity contribution >= 4 is 16.0 Å². The first kappa shape index (κ1) is 14.0. The minimum atomic E-state index is -3.37. The quantitative estimate of drug-likeness (QED) is 0.769. The Morgan fingerprint density at radius 1 is 1.11 bits per heavy atom. The molecule has 6 heteroatoms. The average molecular weight is 274 g/mol. The van der Waals surface area contributed by atoms with Crippen LogP contribution in [0.1, 0.15) is 39.0 Å². The molecular weight excluding hydrogens is 252 g/mol. The molecule has 0 atom stereocenters. The van der Waals surface area contributed by atoms with Gasteiger partial charge in [-0.05, 0) is 12.8 Å². The lowest BCUT2D eigenvalue weighted by Gasteiger charge is -2.23. The van der Waals surface area contributed by atoms with Gasteiger partial charge in [0.05, 0.1) is 6.54 Å². The van der Waals surface area contributed by atoms with Crippen molar-refractivity contribution in [3.05, 3.63) is 0 Å². The topological polar surface area (TPSA) is 57.7 Å². The monoisotopic (exact) mass is 274 g/mol. The maximum Gasteiger partial charge on any atom is 0.282 e. The van der Waals surface area contributed by atoms with E-state index in [0.29, 0.717) is 19.6 Å². The molecule has 1 saturated carbocycles. The van der Waals surface area contributed by atoms with Crippen LogP contribution in [0, 0.1) is 5.92 Å². The summed E-state index contributed by atoms with van der Waals surface area (Å²) < 4.78 is 26.9. The van der Waals surface area contributed by atoms with Crippen molar-refractivity contribution in [2.45, 2.75) is 39.0 Å². The van der Waals surface area contributed by atoms with Gasteiger partial charge in [-0.2, -0.15) is 17.0 Å². The Morgan fingerprint density at radius 2 is 1.72 bits per heavy atom. The van der Waals surface area contributed by atoms with Crippen LogP contribution >= 0.6 is 0 Å². The van der Waals surface area contributed by atoms with Crippen LogP contribution in [-0.2, 0) is 15.0 Å². The zero-order valence-corrected chi connectivity index (χ0v) is 11.8. The fourth-order valence-corrected chi connectivity index (χ4v) is 4.39. The number of likely N-dealkylation sites (N-methyl/N-ethyl adjacent to an activating group) is 1. The predicted octanol–water partition coefficient (Wildman–Crippen LogP) is 1.02. The number of hydrogen-bond acceptors (Lipinski definition) is 3. The Kier molecular flexibility index (Phi) is 4.40. The maximum absolute atomic E-state index is 12.1. The van der Waals surface area contributed by atoms with Gasteiger partial charge in [0.2, 0.25) is 0 Å². The number of ketones is 1. The highest BCUT2D eigenvalue weighted by atomic mass is 32.2. The highest BCUT2D eigenvalue weighted by Crippen LogP contribution is 2.25. The summed E-state index contributed by atoms with van der Waals surface area (Å²) in [6, 6.07) is 0. The molecule has 1 heterocycles. The zero-order valence-electron chi connectivity index (χ0n) is 11.0. The summed E-state index contributed by atoms with van der Waals surface area (Å²) in [7, 11) is -3.37. The van der Waals surface area contributed by atoms with Gasteiger partial charge < -0.3 is 0 Å². The van der Waals surface area contributed by atoms with Gasteiger partial charge in [-0.1, -0.05) is 26.2 Å². The Balaban J connectivity index is 1.95. The molecule has 2 fully saturated rings. The van der Waals surface area contributed by atoms with Gasteiger partial charge in [0.25, 0.3) is 10.2 Å². The summed E-state index contributed by atoms with van der Waals surface area (Å²) >= 11 is 0. The van der Waals surface area contributed by atoms with Crippen LogP contribution in [0.15, 0.2) is 0 Å². The lowest BCUT2D eigenvalue weighted by molar-refractivity contribution is -0.123. The van der Waals surface area contributed by atoms with Gasteiger partial charge in [0, 0.05) is 25.6 Å². The first-order chi connectivity index (χ1) is 8.55. The van der Waals surface area contributed by atoms with E-state index >= 15 is 0 Å². The molecule has 0 unspecified atom stereocenters. The van der Waals surface area contributed by atoms with E-state index in [9.17, 15) is 13.2 Å². The summed E-state index contributed by atoms with van der Waals surface area (Å²) in [4.78, 5) is 12.1. The summed E-state index contributed by atoms with van der Waals surface area (Å²) in [6.45, 7) is 3.34. The predicted molar refractivity (Wildman–Crippen MR) is 69.3 cm³/mol. The van der Waals surface area contributed by atoms with Crippen molar-refractivity contribution in [2.24, 2.45) is 5.92 Å². The normalized spacial score (nSPS) is 26.5. The van der Waals surface area contributed by atoms with Gasteiger partial charge in [0.15, 0.2) is 5.78 Å². The van der Waals surface area contributed by atoms with Crippen molar-refractivity contribution in [1.29, 1.82) is 0 Å². The standard InChI is InChI=1S/C12H22N2O3S/c1-2-13-8-9-14(18(13,16)17)10-12(15)11-6-4-3-5-7-11/h11H,2-10H2,1H3. The second-order valence-electron chi connectivity index (χ2n) is 5.13. The molecular formula is C12H22N2O3S. The molecule has 0 aromatic heterocycles. The third kappa shape index (κ3) is 2.75. The minimum Gasteiger partial charge on any atom is -0.298 e. The van der Waals surface area contributed by atoms with Crippen molar-refractivity contribution in [3.63, 3.8) is 0 Å². The van der Waals surface area contributed by atoms with Gasteiger partial charge in [-0.15, -0.1) is 0 Å². The van der Waals surface area contributed by atoms with E-state index in [0.717, 1.165) is 25.7 Å². The summed E-state index contributed by atoms with van der Waals surface area (Å²) in [5.74, 6) is 0.195. The zero-order chi connectivity index (χ0) is 13.2. The summed E-state index contributed by atoms with van der Waals surface area (Å²) in [5.41, 5.74) is 0. The van der Waals surface area contributed by atoms with Crippen LogP contribution in [0.3, 0.4) is 0 Å². The van der Waals surface area contributed by atoms with Crippen LogP contribution < -0.4 is 0 Å². The van der Waals surface area contributed by atoms with Crippen molar-refractivity contribution in [3.8, 4) is 0 Å². The van der Waals surface area contributed by atoms with Crippen molar-refractivity contribution in [2.75, 3.05) is 26.2 Å². The Morgan fingerprint density at radius 3 is 2.28 bits per heavy atom. The molecule has 0 aromatic rings. The number of rotatable bonds is 4. The fourth-order valence-electron chi connectivity index (χ4n) is 2.83. The molecule has 2 aliphatic rings. The van der Waals surface area contributed by atoms with E-state index in [2.05, 4.69) is 0 Å². The highest BCUT2D eigenvalue weighted by molar-refractivity contribution is 7.87. The second-order valence-corrected chi connectivity index (χ2v) is 7.06. The van der Waals surface area contributed by atoms with Crippen molar-refractivity contribution < 1.29 is 13.2 Å². The fraction of sp³-hybridized carbons (Fsp3) is 0.917. The van der Waals surface area contributed by atoms with Crippen LogP contribution in [0.2, 0.25) is 0 Å². The third-order valence-corrected chi connectivity index (χ3v) is 6.05. The Hall–Kier alpha value is -0.460. The molecule has 0 aromatic carbocycles. The van der Waals surface area contributed by atoms with Gasteiger partial charge in [-0.25, -0.2) is 0 Å². The molecule has 1 saturated heterocycles. The molecule has 104 valence electrons. The van der Waals surface area contributed by atoms with Gasteiger partial charge in [-0.3, -0.25) is 4.79 Å². The lowest BCUT2D eigenvalue weighted by atomic mass is 9.86. The average Bonchev–Trinajstić information content (AvgIpc) is 2.65. The SMILES string of the molecule is CCN1CCN(CC(=O)C2CCCCC2)S1(=O)=O. The molecule has 0 radical (unpaired) electrons. The molecule has 0 spiro atoms. The number of carbonyl (C=O) groups is 1. The maximum atomic E-state index is 12.1. The molecule has 1 aliphatic carbocycles. The van der Waals surface area contributed by atoms with Crippen LogP contribution in [0.4, 0.5) is 0 Å². The van der Waals surface area contributed by atoms with Gasteiger partial charge >= 0.3 is 0 Å². The number of Topliss-reactive ketones (excluding diaryl/α,β-unsaturated/α-hetero) is 1. The largest absolute Gasteiger partial charge is 0.298 e. The first-order valence-electron chi connectivity index (χ1n) is 6.83. The van der Waals surface area contributed by atoms with Crippen LogP contribution in [0.5, 0.6) is 0 Å². The molecule has 0 N–H and O–H groups in total. The molecule has 18 heavy (non-hydrogen) atoms. The molecule has 5 nitrogen and oxygen atoms in total. The number of carbonyl (C=O) groups excluding carboxylic acids is 1. The van der Waals surface area contributed by atoms with Crippen LogP contribution in [-0.4, -0.2) is 49.0 Å². The van der Waals surface area contributed by atoms with Crippen molar-refractivity contribution in [1.82, 2.24) is 8.61 Å². The smallest absolute Gasteiger partial charge is 0.282 e. The second kappa shape index (κ2) is 5.67. The van der Waals surface area contributed by atoms with Gasteiger partial charge in [0.1, 0.15) is 0 Å². The first-order valence-corrected chi connectivity index (χ1v) is 8.23. The number of nitrogens with zero attached hydrogens (tertiary/aromatic N) is 2. The molecule has 0 amide bonds. The van der Waals surface area contributed by atoms with E-state index in [-0.39, 0.29) is 18.2 Å². The lowest BCUT2D eigenvalue weighted by Crippen LogP contribution is -2.38. The van der Waals surface area contributed by atoms with E-state index in [1.54, 1.807) is 0 Å². The van der Waals surface area contributed by atoms with E-state index in [4.69, 9.17) is 0 Å². The number of hydrogen-bond donors (Lipinski definition) is 0. The Labute approximate surface area is 109 Å². The highest BCUT2D eigenvalue weighted by Gasteiger charge is 2.37. The molecule has 1 aliphatic heterocycles. The molecule has 0 bridgehead atoms. The van der Waals surface area contributed by atoms with E-state index in [1.807, 2.05) is 6.92 Å². The molecule has 2 rings (SSSR count). The van der Waals surface area contributed by atoms with Crippen LogP contribution in [0.25, 0.3) is 0 Å². The van der Waals surface area contributed by atoms with E-state index < -0.39 is 10.2 Å².